The van der Waals surface area contributed by atoms with Gasteiger partial charge in [-0.05, 0) is 62.6 Å². The number of amides is 2. The molecule has 2 N–H and O–H groups in total. The Bertz CT molecular complexity index is 1560. The van der Waals surface area contributed by atoms with Gasteiger partial charge in [0, 0.05) is 59.1 Å². The first-order chi connectivity index (χ1) is 18.3. The van der Waals surface area contributed by atoms with Crippen LogP contribution in [0.25, 0.3) is 22.2 Å². The molecule has 5 rings (SSSR count). The van der Waals surface area contributed by atoms with Crippen LogP contribution in [0.3, 0.4) is 0 Å². The van der Waals surface area contributed by atoms with E-state index in [1.165, 1.54) is 0 Å². The lowest BCUT2D eigenvalue weighted by Gasteiger charge is -2.20. The van der Waals surface area contributed by atoms with Gasteiger partial charge in [0.05, 0.1) is 22.5 Å². The molecule has 0 saturated heterocycles. The Morgan fingerprint density at radius 1 is 1.00 bits per heavy atom. The fourth-order valence-corrected chi connectivity index (χ4v) is 4.61. The molecule has 4 aromatic rings. The van der Waals surface area contributed by atoms with Crippen molar-refractivity contribution in [2.45, 2.75) is 6.42 Å². The third kappa shape index (κ3) is 5.25. The highest BCUT2D eigenvalue weighted by molar-refractivity contribution is 6.38. The summed E-state index contributed by atoms with van der Waals surface area (Å²) in [6.45, 7) is 0.690. The molecule has 38 heavy (non-hydrogen) atoms. The highest BCUT2D eigenvalue weighted by atomic mass is 35.5. The van der Waals surface area contributed by atoms with Gasteiger partial charge in [0.15, 0.2) is 0 Å². The van der Waals surface area contributed by atoms with E-state index in [4.69, 9.17) is 11.6 Å². The minimum atomic E-state index is -0.214. The average molecular weight is 526 g/mol. The van der Waals surface area contributed by atoms with Crippen LogP contribution in [0.4, 0.5) is 17.1 Å². The molecule has 0 fully saturated rings. The number of hydrogen-bond acceptors (Lipinski definition) is 5. The molecule has 2 heterocycles. The molecular weight excluding hydrogens is 498 g/mol. The summed E-state index contributed by atoms with van der Waals surface area (Å²) in [6, 6.07) is 22.8. The first-order valence-electron chi connectivity index (χ1n) is 12.3. The third-order valence-corrected chi connectivity index (χ3v) is 6.78. The van der Waals surface area contributed by atoms with Crippen molar-refractivity contribution in [3.05, 3.63) is 95.1 Å². The number of nitrogens with zero attached hydrogens (tertiary/aromatic N) is 3. The lowest BCUT2D eigenvalue weighted by Crippen LogP contribution is -2.29. The molecule has 1 aliphatic heterocycles. The van der Waals surface area contributed by atoms with Crippen LogP contribution in [0.1, 0.15) is 17.5 Å². The molecule has 1 aromatic heterocycles. The average Bonchev–Trinajstić information content (AvgIpc) is 3.24. The summed E-state index contributed by atoms with van der Waals surface area (Å²) in [5, 5.41) is 7.96. The lowest BCUT2D eigenvalue weighted by atomic mass is 9.99. The summed E-state index contributed by atoms with van der Waals surface area (Å²) in [7, 11) is 5.67. The predicted octanol–water partition coefficient (Wildman–Crippen LogP) is 5.74. The smallest absolute Gasteiger partial charge is 0.258 e. The summed E-state index contributed by atoms with van der Waals surface area (Å²) in [5.41, 5.74) is 5.84. The molecule has 0 atom stereocenters. The summed E-state index contributed by atoms with van der Waals surface area (Å²) in [4.78, 5) is 33.9. The highest BCUT2D eigenvalue weighted by Gasteiger charge is 2.29. The Hall–Kier alpha value is -4.20. The topological polar surface area (TPSA) is 77.6 Å². The number of aromatic nitrogens is 1. The fourth-order valence-electron chi connectivity index (χ4n) is 4.44. The van der Waals surface area contributed by atoms with Crippen molar-refractivity contribution >= 4 is 62.7 Å². The zero-order valence-corrected chi connectivity index (χ0v) is 22.2. The van der Waals surface area contributed by atoms with Crippen LogP contribution in [0, 0.1) is 0 Å². The number of carbonyl (C=O) groups excluding carboxylic acids is 2. The highest BCUT2D eigenvalue weighted by Crippen LogP contribution is 2.39. The molecule has 2 amide bonds. The molecule has 1 aliphatic rings. The standard InChI is InChI=1S/C30H28ClN5O2/c1-35(2)16-14-27(37)36(3)23-11-9-22(10-12-23)33-29(20-7-6-19-5-4-15-32-25(19)17-20)28-24-13-8-21(31)18-26(24)34-30(28)38/h4-13,15,17-18,33H,14,16H2,1-3H3,(H,34,38). The molecule has 8 heteroatoms. The SMILES string of the molecule is CN(C)CCC(=O)N(C)c1ccc(NC(=C2C(=O)Nc3cc(Cl)ccc32)c2ccc3cccnc3c2)cc1. The van der Waals surface area contributed by atoms with Crippen molar-refractivity contribution in [1.29, 1.82) is 0 Å². The molecule has 0 radical (unpaired) electrons. The molecule has 3 aromatic carbocycles. The van der Waals surface area contributed by atoms with E-state index >= 15 is 0 Å². The number of nitrogens with one attached hydrogen (secondary N) is 2. The normalized spacial score (nSPS) is 13.9. The second-order valence-electron chi connectivity index (χ2n) is 9.48. The van der Waals surface area contributed by atoms with Gasteiger partial charge in [-0.25, -0.2) is 0 Å². The molecule has 0 saturated carbocycles. The van der Waals surface area contributed by atoms with E-state index in [2.05, 4.69) is 15.6 Å². The van der Waals surface area contributed by atoms with Gasteiger partial charge < -0.3 is 20.4 Å². The Morgan fingerprint density at radius 2 is 1.79 bits per heavy atom. The number of pyridine rings is 1. The number of rotatable bonds is 7. The van der Waals surface area contributed by atoms with Gasteiger partial charge in [0.1, 0.15) is 0 Å². The largest absolute Gasteiger partial charge is 0.354 e. The second kappa shape index (κ2) is 10.7. The zero-order valence-electron chi connectivity index (χ0n) is 21.5. The van der Waals surface area contributed by atoms with Crippen molar-refractivity contribution < 1.29 is 9.59 Å². The van der Waals surface area contributed by atoms with Gasteiger partial charge >= 0.3 is 0 Å². The Labute approximate surface area is 226 Å². The number of carbonyl (C=O) groups is 2. The first-order valence-corrected chi connectivity index (χ1v) is 12.7. The Kier molecular flexibility index (Phi) is 7.13. The minimum Gasteiger partial charge on any atom is -0.354 e. The van der Waals surface area contributed by atoms with Crippen molar-refractivity contribution in [2.24, 2.45) is 0 Å². The van der Waals surface area contributed by atoms with Gasteiger partial charge in [0.25, 0.3) is 5.91 Å². The Morgan fingerprint density at radius 3 is 2.55 bits per heavy atom. The van der Waals surface area contributed by atoms with Crippen LogP contribution < -0.4 is 15.5 Å². The number of halogens is 1. The lowest BCUT2D eigenvalue weighted by molar-refractivity contribution is -0.118. The van der Waals surface area contributed by atoms with E-state index < -0.39 is 0 Å². The van der Waals surface area contributed by atoms with Crippen LogP contribution in [0.2, 0.25) is 5.02 Å². The molecule has 0 spiro atoms. The first kappa shape index (κ1) is 25.4. The van der Waals surface area contributed by atoms with Crippen molar-refractivity contribution in [3.63, 3.8) is 0 Å². The van der Waals surface area contributed by atoms with Crippen molar-refractivity contribution in [2.75, 3.05) is 43.2 Å². The second-order valence-corrected chi connectivity index (χ2v) is 9.92. The number of hydrogen-bond donors (Lipinski definition) is 2. The van der Waals surface area contributed by atoms with Gasteiger partial charge in [0.2, 0.25) is 5.91 Å². The van der Waals surface area contributed by atoms with E-state index in [0.29, 0.717) is 34.9 Å². The van der Waals surface area contributed by atoms with E-state index in [0.717, 1.165) is 33.4 Å². The maximum Gasteiger partial charge on any atom is 0.258 e. The van der Waals surface area contributed by atoms with E-state index in [1.807, 2.05) is 79.7 Å². The van der Waals surface area contributed by atoms with Gasteiger partial charge in [-0.15, -0.1) is 0 Å². The number of fused-ring (bicyclic) bond motifs is 2. The van der Waals surface area contributed by atoms with Gasteiger partial charge in [-0.2, -0.15) is 0 Å². The summed E-state index contributed by atoms with van der Waals surface area (Å²) >= 11 is 6.19. The fraction of sp³-hybridized carbons (Fsp3) is 0.167. The van der Waals surface area contributed by atoms with E-state index in [-0.39, 0.29) is 11.8 Å². The van der Waals surface area contributed by atoms with Crippen LogP contribution in [-0.4, -0.2) is 49.4 Å². The Balaban J connectivity index is 1.53. The molecular formula is C30H28ClN5O2. The minimum absolute atomic E-state index is 0.0452. The number of benzene rings is 3. The molecule has 0 bridgehead atoms. The van der Waals surface area contributed by atoms with Crippen LogP contribution in [0.5, 0.6) is 0 Å². The summed E-state index contributed by atoms with van der Waals surface area (Å²) < 4.78 is 0. The molecule has 7 nitrogen and oxygen atoms in total. The van der Waals surface area contributed by atoms with Gasteiger partial charge in [-0.1, -0.05) is 35.9 Å². The number of anilines is 3. The molecule has 0 unspecified atom stereocenters. The van der Waals surface area contributed by atoms with Crippen molar-refractivity contribution in [1.82, 2.24) is 9.88 Å². The zero-order chi connectivity index (χ0) is 26.8. The van der Waals surface area contributed by atoms with Crippen molar-refractivity contribution in [3.8, 4) is 0 Å². The quantitative estimate of drug-likeness (QED) is 0.301. The summed E-state index contributed by atoms with van der Waals surface area (Å²) in [6.07, 6.45) is 2.19. The maximum atomic E-state index is 13.2. The monoisotopic (exact) mass is 525 g/mol. The van der Waals surface area contributed by atoms with Crippen LogP contribution in [0.15, 0.2) is 79.0 Å². The van der Waals surface area contributed by atoms with E-state index in [9.17, 15) is 9.59 Å². The van der Waals surface area contributed by atoms with Crippen LogP contribution >= 0.6 is 11.6 Å². The van der Waals surface area contributed by atoms with E-state index in [1.54, 1.807) is 30.3 Å². The summed E-state index contributed by atoms with van der Waals surface area (Å²) in [5.74, 6) is -0.169. The van der Waals surface area contributed by atoms with Crippen LogP contribution in [-0.2, 0) is 9.59 Å². The predicted molar refractivity (Wildman–Crippen MR) is 155 cm³/mol. The molecule has 0 aliphatic carbocycles. The van der Waals surface area contributed by atoms with Gasteiger partial charge in [-0.3, -0.25) is 14.6 Å². The third-order valence-electron chi connectivity index (χ3n) is 6.54. The molecule has 192 valence electrons. The maximum absolute atomic E-state index is 13.2.